The van der Waals surface area contributed by atoms with Crippen LogP contribution in [0.1, 0.15) is 12.5 Å². The number of para-hydroxylation sites is 2. The highest BCUT2D eigenvalue weighted by atomic mass is 16.5. The van der Waals surface area contributed by atoms with Crippen LogP contribution < -0.4 is 4.74 Å². The van der Waals surface area contributed by atoms with E-state index in [1.165, 1.54) is 5.56 Å². The highest BCUT2D eigenvalue weighted by Gasteiger charge is 2.17. The number of hydrogen-bond donors (Lipinski definition) is 0. The van der Waals surface area contributed by atoms with Gasteiger partial charge < -0.3 is 4.74 Å². The molecular formula is C24H20N4O. The minimum absolute atomic E-state index is 0.636. The smallest absolute Gasteiger partial charge is 0.199 e. The number of fused-ring (bicyclic) bond motifs is 2. The van der Waals surface area contributed by atoms with Crippen LogP contribution in [-0.2, 0) is 6.42 Å². The first kappa shape index (κ1) is 17.4. The second-order valence-corrected chi connectivity index (χ2v) is 6.88. The van der Waals surface area contributed by atoms with E-state index in [4.69, 9.17) is 19.7 Å². The largest absolute Gasteiger partial charge is 0.497 e. The number of nitrogens with zero attached hydrogens (tertiary/aromatic N) is 4. The van der Waals surface area contributed by atoms with Crippen LogP contribution >= 0.6 is 0 Å². The number of benzene rings is 3. The molecule has 2 aromatic heterocycles. The molecule has 0 spiro atoms. The van der Waals surface area contributed by atoms with Crippen molar-refractivity contribution in [2.24, 2.45) is 0 Å². The van der Waals surface area contributed by atoms with Crippen molar-refractivity contribution < 1.29 is 4.74 Å². The lowest BCUT2D eigenvalue weighted by Gasteiger charge is -2.11. The summed E-state index contributed by atoms with van der Waals surface area (Å²) in [4.78, 5) is 14.5. The third-order valence-electron chi connectivity index (χ3n) is 5.10. The van der Waals surface area contributed by atoms with E-state index in [2.05, 4.69) is 35.8 Å². The van der Waals surface area contributed by atoms with Crippen molar-refractivity contribution in [1.29, 1.82) is 0 Å². The topological polar surface area (TPSA) is 52.8 Å². The molecule has 0 saturated heterocycles. The van der Waals surface area contributed by atoms with Gasteiger partial charge in [0.2, 0.25) is 0 Å². The van der Waals surface area contributed by atoms with E-state index in [1.54, 1.807) is 7.11 Å². The molecule has 142 valence electrons. The summed E-state index contributed by atoms with van der Waals surface area (Å²) in [5.74, 6) is 1.62. The number of ether oxygens (including phenoxy) is 1. The van der Waals surface area contributed by atoms with Crippen LogP contribution in [0.2, 0.25) is 0 Å². The third-order valence-corrected chi connectivity index (χ3v) is 5.10. The first-order valence-corrected chi connectivity index (χ1v) is 9.66. The standard InChI is InChI=1S/C24H20N4O/c1-3-16-7-6-8-18(15-16)28-23(17-11-13-19(29-2)14-12-17)27-22-24(28)26-21-10-5-4-9-20(21)25-22/h4-15H,3H2,1-2H3. The molecule has 5 rings (SSSR count). The number of aromatic nitrogens is 4. The number of methoxy groups -OCH3 is 1. The summed E-state index contributed by atoms with van der Waals surface area (Å²) in [6.07, 6.45) is 0.965. The molecule has 0 aliphatic heterocycles. The van der Waals surface area contributed by atoms with E-state index in [1.807, 2.05) is 48.5 Å². The van der Waals surface area contributed by atoms with Gasteiger partial charge in [-0.25, -0.2) is 15.0 Å². The zero-order valence-corrected chi connectivity index (χ0v) is 16.3. The van der Waals surface area contributed by atoms with Crippen molar-refractivity contribution in [1.82, 2.24) is 19.5 Å². The van der Waals surface area contributed by atoms with Crippen LogP contribution in [0, 0.1) is 0 Å². The Kier molecular flexibility index (Phi) is 4.21. The highest BCUT2D eigenvalue weighted by molar-refractivity contribution is 5.86. The van der Waals surface area contributed by atoms with Gasteiger partial charge in [0.1, 0.15) is 11.6 Å². The zero-order chi connectivity index (χ0) is 19.8. The molecule has 5 aromatic rings. The van der Waals surface area contributed by atoms with E-state index in [0.717, 1.165) is 45.9 Å². The fourth-order valence-electron chi connectivity index (χ4n) is 3.55. The SMILES string of the molecule is CCc1cccc(-n2c(-c3ccc(OC)cc3)nc3nc4ccccc4nc32)c1. The summed E-state index contributed by atoms with van der Waals surface area (Å²) in [5, 5.41) is 0. The highest BCUT2D eigenvalue weighted by Crippen LogP contribution is 2.29. The zero-order valence-electron chi connectivity index (χ0n) is 16.3. The monoisotopic (exact) mass is 380 g/mol. The molecule has 5 nitrogen and oxygen atoms in total. The average molecular weight is 380 g/mol. The van der Waals surface area contributed by atoms with E-state index in [0.29, 0.717) is 5.65 Å². The Labute approximate surface area is 168 Å². The molecule has 0 amide bonds. The predicted molar refractivity (Wildman–Crippen MR) is 116 cm³/mol. The summed E-state index contributed by atoms with van der Waals surface area (Å²) in [6, 6.07) is 24.3. The molecule has 0 saturated carbocycles. The summed E-state index contributed by atoms with van der Waals surface area (Å²) < 4.78 is 7.40. The van der Waals surface area contributed by atoms with Gasteiger partial charge in [-0.3, -0.25) is 4.57 Å². The lowest BCUT2D eigenvalue weighted by molar-refractivity contribution is 0.415. The van der Waals surface area contributed by atoms with Crippen LogP contribution in [0.25, 0.3) is 39.4 Å². The van der Waals surface area contributed by atoms with Crippen LogP contribution in [0.3, 0.4) is 0 Å². The van der Waals surface area contributed by atoms with E-state index >= 15 is 0 Å². The van der Waals surface area contributed by atoms with Gasteiger partial charge in [0.25, 0.3) is 0 Å². The second kappa shape index (κ2) is 7.02. The lowest BCUT2D eigenvalue weighted by Crippen LogP contribution is -2.00. The van der Waals surface area contributed by atoms with Gasteiger partial charge in [0, 0.05) is 11.3 Å². The number of rotatable bonds is 4. The van der Waals surface area contributed by atoms with Gasteiger partial charge in [-0.2, -0.15) is 0 Å². The Morgan fingerprint density at radius 3 is 2.31 bits per heavy atom. The molecule has 0 atom stereocenters. The van der Waals surface area contributed by atoms with Gasteiger partial charge in [-0.1, -0.05) is 31.2 Å². The molecule has 5 heteroatoms. The van der Waals surface area contributed by atoms with Crippen molar-refractivity contribution in [2.75, 3.05) is 7.11 Å². The van der Waals surface area contributed by atoms with Gasteiger partial charge in [0.05, 0.1) is 18.1 Å². The van der Waals surface area contributed by atoms with Crippen molar-refractivity contribution in [2.45, 2.75) is 13.3 Å². The Bertz CT molecular complexity index is 1320. The van der Waals surface area contributed by atoms with Gasteiger partial charge in [-0.15, -0.1) is 0 Å². The fourth-order valence-corrected chi connectivity index (χ4v) is 3.55. The molecule has 0 aliphatic carbocycles. The Morgan fingerprint density at radius 1 is 0.828 bits per heavy atom. The van der Waals surface area contributed by atoms with Crippen LogP contribution in [0.15, 0.2) is 72.8 Å². The second-order valence-electron chi connectivity index (χ2n) is 6.88. The third kappa shape index (κ3) is 3.01. The van der Waals surface area contributed by atoms with E-state index in [-0.39, 0.29) is 0 Å². The van der Waals surface area contributed by atoms with Crippen molar-refractivity contribution in [3.8, 4) is 22.8 Å². The first-order valence-electron chi connectivity index (χ1n) is 9.66. The summed E-state index contributed by atoms with van der Waals surface area (Å²) in [5.41, 5.74) is 6.36. The quantitative estimate of drug-likeness (QED) is 0.430. The molecule has 0 radical (unpaired) electrons. The fraction of sp³-hybridized carbons (Fsp3) is 0.125. The molecule has 0 bridgehead atoms. The number of hydrogen-bond acceptors (Lipinski definition) is 4. The number of imidazole rings is 1. The molecule has 3 aromatic carbocycles. The molecule has 0 N–H and O–H groups in total. The molecule has 0 aliphatic rings. The van der Waals surface area contributed by atoms with Crippen molar-refractivity contribution in [3.63, 3.8) is 0 Å². The first-order chi connectivity index (χ1) is 14.3. The maximum atomic E-state index is 5.31. The Balaban J connectivity index is 1.83. The summed E-state index contributed by atoms with van der Waals surface area (Å²) in [6.45, 7) is 2.16. The van der Waals surface area contributed by atoms with Crippen molar-refractivity contribution in [3.05, 3.63) is 78.4 Å². The summed E-state index contributed by atoms with van der Waals surface area (Å²) in [7, 11) is 1.67. The normalized spacial score (nSPS) is 11.2. The minimum Gasteiger partial charge on any atom is -0.497 e. The molecule has 2 heterocycles. The van der Waals surface area contributed by atoms with Gasteiger partial charge in [0.15, 0.2) is 11.3 Å². The minimum atomic E-state index is 0.636. The van der Waals surface area contributed by atoms with Crippen LogP contribution in [0.5, 0.6) is 5.75 Å². The van der Waals surface area contributed by atoms with E-state index in [9.17, 15) is 0 Å². The molecule has 0 unspecified atom stereocenters. The lowest BCUT2D eigenvalue weighted by atomic mass is 10.1. The van der Waals surface area contributed by atoms with Crippen molar-refractivity contribution >= 4 is 22.3 Å². The van der Waals surface area contributed by atoms with Crippen LogP contribution in [0.4, 0.5) is 0 Å². The van der Waals surface area contributed by atoms with Crippen LogP contribution in [-0.4, -0.2) is 26.6 Å². The Morgan fingerprint density at radius 2 is 1.59 bits per heavy atom. The Hall–Kier alpha value is -3.73. The average Bonchev–Trinajstić information content (AvgIpc) is 3.15. The number of aryl methyl sites for hydroxylation is 1. The molecule has 0 fully saturated rings. The molecular weight excluding hydrogens is 360 g/mol. The summed E-state index contributed by atoms with van der Waals surface area (Å²) >= 11 is 0. The van der Waals surface area contributed by atoms with E-state index < -0.39 is 0 Å². The van der Waals surface area contributed by atoms with Gasteiger partial charge in [-0.05, 0) is 60.5 Å². The maximum absolute atomic E-state index is 5.31. The predicted octanol–water partition coefficient (Wildman–Crippen LogP) is 5.21. The maximum Gasteiger partial charge on any atom is 0.199 e. The molecule has 29 heavy (non-hydrogen) atoms. The van der Waals surface area contributed by atoms with Gasteiger partial charge >= 0.3 is 0 Å².